The fourth-order valence-corrected chi connectivity index (χ4v) is 3.97. The molecule has 18 heavy (non-hydrogen) atoms. The zero-order valence-corrected chi connectivity index (χ0v) is 11.6. The molecule has 2 fully saturated rings. The second kappa shape index (κ2) is 5.55. The topological polar surface area (TPSA) is 54.2 Å². The Morgan fingerprint density at radius 3 is 2.83 bits per heavy atom. The number of hydrogen-bond donors (Lipinski definition) is 2. The average Bonchev–Trinajstić information content (AvgIpc) is 3.02. The number of nitrogens with two attached hydrogens (primary N) is 1. The van der Waals surface area contributed by atoms with Crippen LogP contribution < -0.4 is 11.1 Å². The molecule has 2 saturated heterocycles. The van der Waals surface area contributed by atoms with Crippen molar-refractivity contribution in [3.63, 3.8) is 0 Å². The molecule has 1 aromatic rings. The number of piperidine rings is 1. The molecule has 0 amide bonds. The molecular weight excluding hydrogens is 244 g/mol. The minimum atomic E-state index is 0.690. The molecule has 2 aliphatic rings. The minimum Gasteiger partial charge on any atom is -0.375 e. The van der Waals surface area contributed by atoms with Gasteiger partial charge in [-0.1, -0.05) is 0 Å². The van der Waals surface area contributed by atoms with E-state index in [0.29, 0.717) is 5.13 Å². The van der Waals surface area contributed by atoms with E-state index in [1.807, 2.05) is 6.20 Å². The zero-order valence-electron chi connectivity index (χ0n) is 10.8. The Balaban J connectivity index is 1.47. The first-order chi connectivity index (χ1) is 8.81. The van der Waals surface area contributed by atoms with Gasteiger partial charge in [0.2, 0.25) is 0 Å². The van der Waals surface area contributed by atoms with Gasteiger partial charge in [0.25, 0.3) is 0 Å². The molecule has 100 valence electrons. The molecular formula is C13H22N4S. The predicted molar refractivity (Wildman–Crippen MR) is 75.6 cm³/mol. The van der Waals surface area contributed by atoms with Gasteiger partial charge in [0.1, 0.15) is 0 Å². The molecule has 1 unspecified atom stereocenters. The van der Waals surface area contributed by atoms with Crippen LogP contribution in [-0.4, -0.2) is 35.6 Å². The number of likely N-dealkylation sites (tertiary alicyclic amines) is 1. The van der Waals surface area contributed by atoms with Crippen molar-refractivity contribution in [2.24, 2.45) is 5.92 Å². The van der Waals surface area contributed by atoms with Crippen molar-refractivity contribution < 1.29 is 0 Å². The molecule has 0 radical (unpaired) electrons. The molecule has 0 aromatic carbocycles. The Hall–Kier alpha value is -0.650. The van der Waals surface area contributed by atoms with Crippen LogP contribution in [0, 0.1) is 5.92 Å². The fourth-order valence-electron chi connectivity index (χ4n) is 3.24. The monoisotopic (exact) mass is 266 g/mol. The number of anilines is 1. The lowest BCUT2D eigenvalue weighted by Gasteiger charge is -2.34. The highest BCUT2D eigenvalue weighted by Crippen LogP contribution is 2.27. The Morgan fingerprint density at radius 2 is 2.22 bits per heavy atom. The van der Waals surface area contributed by atoms with Gasteiger partial charge < -0.3 is 11.1 Å². The van der Waals surface area contributed by atoms with Gasteiger partial charge >= 0.3 is 0 Å². The van der Waals surface area contributed by atoms with Gasteiger partial charge in [0.15, 0.2) is 5.13 Å². The lowest BCUT2D eigenvalue weighted by Crippen LogP contribution is -2.40. The van der Waals surface area contributed by atoms with E-state index in [1.165, 1.54) is 50.2 Å². The van der Waals surface area contributed by atoms with E-state index in [9.17, 15) is 0 Å². The largest absolute Gasteiger partial charge is 0.375 e. The first-order valence-electron chi connectivity index (χ1n) is 6.97. The summed E-state index contributed by atoms with van der Waals surface area (Å²) in [7, 11) is 0. The third kappa shape index (κ3) is 2.84. The molecule has 3 N–H and O–H groups in total. The van der Waals surface area contributed by atoms with Crippen LogP contribution in [0.2, 0.25) is 0 Å². The summed E-state index contributed by atoms with van der Waals surface area (Å²) >= 11 is 1.62. The molecule has 4 nitrogen and oxygen atoms in total. The fraction of sp³-hybridized carbons (Fsp3) is 0.769. The van der Waals surface area contributed by atoms with Gasteiger partial charge in [0.05, 0.1) is 0 Å². The van der Waals surface area contributed by atoms with Crippen molar-refractivity contribution in [3.05, 3.63) is 11.1 Å². The standard InChI is InChI=1S/C13H22N4S/c14-13-16-8-11(18-13)9-17-6-3-10(4-7-17)12-2-1-5-15-12/h8,10,12,15H,1-7,9H2,(H2,14,16). The molecule has 1 atom stereocenters. The second-order valence-electron chi connectivity index (χ2n) is 5.48. The van der Waals surface area contributed by atoms with Crippen molar-refractivity contribution in [1.29, 1.82) is 0 Å². The Labute approximate surface area is 113 Å². The summed E-state index contributed by atoms with van der Waals surface area (Å²) in [6.45, 7) is 4.70. The van der Waals surface area contributed by atoms with Crippen LogP contribution in [0.25, 0.3) is 0 Å². The SMILES string of the molecule is Nc1ncc(CN2CCC(C3CCCN3)CC2)s1. The first kappa shape index (κ1) is 12.4. The van der Waals surface area contributed by atoms with Crippen LogP contribution in [-0.2, 0) is 6.54 Å². The number of nitrogens with one attached hydrogen (secondary N) is 1. The van der Waals surface area contributed by atoms with Gasteiger partial charge in [-0.15, -0.1) is 11.3 Å². The van der Waals surface area contributed by atoms with E-state index in [4.69, 9.17) is 5.73 Å². The molecule has 3 heterocycles. The van der Waals surface area contributed by atoms with E-state index in [1.54, 1.807) is 11.3 Å². The van der Waals surface area contributed by atoms with Gasteiger partial charge in [-0.3, -0.25) is 4.90 Å². The highest BCUT2D eigenvalue weighted by molar-refractivity contribution is 7.15. The van der Waals surface area contributed by atoms with Crippen LogP contribution >= 0.6 is 11.3 Å². The number of nitrogens with zero attached hydrogens (tertiary/aromatic N) is 2. The lowest BCUT2D eigenvalue weighted by atomic mass is 9.88. The van der Waals surface area contributed by atoms with E-state index in [-0.39, 0.29) is 0 Å². The smallest absolute Gasteiger partial charge is 0.180 e. The second-order valence-corrected chi connectivity index (χ2v) is 6.63. The zero-order chi connectivity index (χ0) is 12.4. The van der Waals surface area contributed by atoms with Gasteiger partial charge in [-0.2, -0.15) is 0 Å². The molecule has 1 aromatic heterocycles. The van der Waals surface area contributed by atoms with E-state index in [2.05, 4.69) is 15.2 Å². The van der Waals surface area contributed by atoms with Crippen molar-refractivity contribution in [2.45, 2.75) is 38.3 Å². The van der Waals surface area contributed by atoms with Gasteiger partial charge in [-0.05, 0) is 51.2 Å². The van der Waals surface area contributed by atoms with Crippen LogP contribution in [0.1, 0.15) is 30.6 Å². The minimum absolute atomic E-state index is 0.690. The van der Waals surface area contributed by atoms with Crippen molar-refractivity contribution >= 4 is 16.5 Å². The Kier molecular flexibility index (Phi) is 3.82. The van der Waals surface area contributed by atoms with Gasteiger partial charge in [0, 0.05) is 23.7 Å². The molecule has 2 aliphatic heterocycles. The summed E-state index contributed by atoms with van der Waals surface area (Å²) in [5, 5.41) is 4.34. The quantitative estimate of drug-likeness (QED) is 0.874. The summed E-state index contributed by atoms with van der Waals surface area (Å²) in [5.74, 6) is 0.898. The molecule has 3 rings (SSSR count). The Morgan fingerprint density at radius 1 is 1.39 bits per heavy atom. The predicted octanol–water partition coefficient (Wildman–Crippen LogP) is 1.69. The van der Waals surface area contributed by atoms with Crippen LogP contribution in [0.4, 0.5) is 5.13 Å². The Bertz CT molecular complexity index is 378. The lowest BCUT2D eigenvalue weighted by molar-refractivity contribution is 0.158. The number of hydrogen-bond acceptors (Lipinski definition) is 5. The van der Waals surface area contributed by atoms with Crippen molar-refractivity contribution in [2.75, 3.05) is 25.4 Å². The third-order valence-electron chi connectivity index (χ3n) is 4.25. The molecule has 0 bridgehead atoms. The van der Waals surface area contributed by atoms with Gasteiger partial charge in [-0.25, -0.2) is 4.98 Å². The summed E-state index contributed by atoms with van der Waals surface area (Å²) in [6, 6.07) is 0.797. The summed E-state index contributed by atoms with van der Waals surface area (Å²) in [5.41, 5.74) is 5.67. The highest BCUT2D eigenvalue weighted by Gasteiger charge is 2.28. The summed E-state index contributed by atoms with van der Waals surface area (Å²) < 4.78 is 0. The third-order valence-corrected chi connectivity index (χ3v) is 5.06. The van der Waals surface area contributed by atoms with Crippen LogP contribution in [0.15, 0.2) is 6.20 Å². The summed E-state index contributed by atoms with van der Waals surface area (Å²) in [6.07, 6.45) is 7.35. The number of nitrogen functional groups attached to an aromatic ring is 1. The molecule has 0 aliphatic carbocycles. The maximum Gasteiger partial charge on any atom is 0.180 e. The molecule has 0 spiro atoms. The average molecular weight is 266 g/mol. The van der Waals surface area contributed by atoms with E-state index in [0.717, 1.165) is 18.5 Å². The molecule has 0 saturated carbocycles. The van der Waals surface area contributed by atoms with Crippen LogP contribution in [0.3, 0.4) is 0 Å². The van der Waals surface area contributed by atoms with Crippen molar-refractivity contribution in [1.82, 2.24) is 15.2 Å². The van der Waals surface area contributed by atoms with E-state index >= 15 is 0 Å². The molecule has 5 heteroatoms. The van der Waals surface area contributed by atoms with Crippen LogP contribution in [0.5, 0.6) is 0 Å². The number of rotatable bonds is 3. The summed E-state index contributed by atoms with van der Waals surface area (Å²) in [4.78, 5) is 7.96. The maximum atomic E-state index is 5.67. The van der Waals surface area contributed by atoms with E-state index < -0.39 is 0 Å². The number of thiazole rings is 1. The first-order valence-corrected chi connectivity index (χ1v) is 7.79. The maximum absolute atomic E-state index is 5.67. The van der Waals surface area contributed by atoms with Crippen molar-refractivity contribution in [3.8, 4) is 0 Å². The highest BCUT2D eigenvalue weighted by atomic mass is 32.1. The normalized spacial score (nSPS) is 26.8. The number of aromatic nitrogens is 1.